The van der Waals surface area contributed by atoms with Crippen LogP contribution < -0.4 is 5.32 Å². The number of imidazole rings is 1. The summed E-state index contributed by atoms with van der Waals surface area (Å²) < 4.78 is 11.0. The predicted octanol–water partition coefficient (Wildman–Crippen LogP) is 6.36. The van der Waals surface area contributed by atoms with Gasteiger partial charge in [-0.1, -0.05) is 35.0 Å². The van der Waals surface area contributed by atoms with Crippen molar-refractivity contribution in [1.29, 1.82) is 0 Å². The normalized spacial score (nSPS) is 12.1. The number of hydrogen-bond donors (Lipinski definition) is 2. The van der Waals surface area contributed by atoms with E-state index in [2.05, 4.69) is 15.3 Å². The highest BCUT2D eigenvalue weighted by Crippen LogP contribution is 2.34. The molecule has 1 unspecified atom stereocenters. The first-order valence-corrected chi connectivity index (χ1v) is 10.2. The van der Waals surface area contributed by atoms with Gasteiger partial charge >= 0.3 is 0 Å². The number of nitrogens with one attached hydrogen (secondary N) is 2. The summed E-state index contributed by atoms with van der Waals surface area (Å²) in [6.45, 7) is 1.79. The molecule has 1 amide bonds. The molecule has 3 aromatic heterocycles. The van der Waals surface area contributed by atoms with Crippen molar-refractivity contribution in [3.63, 3.8) is 0 Å². The van der Waals surface area contributed by atoms with Gasteiger partial charge in [-0.2, -0.15) is 0 Å². The second-order valence-corrected chi connectivity index (χ2v) is 8.33. The number of H-pyrrole nitrogens is 1. The molecule has 1 atom stereocenters. The SMILES string of the molecule is CC(Sc1nc(-c2ccco2)c(-c2ccco2)[nH]1)C(=O)Nc1cc(Cl)cc(Cl)c1. The van der Waals surface area contributed by atoms with Crippen molar-refractivity contribution in [1.82, 2.24) is 9.97 Å². The number of rotatable bonds is 6. The molecular formula is C20H15Cl2N3O3S. The Morgan fingerprint density at radius 1 is 1.10 bits per heavy atom. The van der Waals surface area contributed by atoms with Crippen LogP contribution in [0, 0.1) is 0 Å². The van der Waals surface area contributed by atoms with Crippen LogP contribution in [0.25, 0.3) is 22.9 Å². The second-order valence-electron chi connectivity index (χ2n) is 6.13. The Labute approximate surface area is 180 Å². The van der Waals surface area contributed by atoms with Crippen molar-refractivity contribution in [2.45, 2.75) is 17.3 Å². The van der Waals surface area contributed by atoms with Crippen molar-refractivity contribution in [3.05, 3.63) is 65.0 Å². The molecule has 1 aromatic carbocycles. The summed E-state index contributed by atoms with van der Waals surface area (Å²) in [7, 11) is 0. The fraction of sp³-hybridized carbons (Fsp3) is 0.100. The number of aromatic amines is 1. The average molecular weight is 448 g/mol. The molecule has 0 aliphatic heterocycles. The largest absolute Gasteiger partial charge is 0.463 e. The Bertz CT molecular complexity index is 1050. The van der Waals surface area contributed by atoms with Crippen LogP contribution >= 0.6 is 35.0 Å². The molecule has 0 radical (unpaired) electrons. The zero-order valence-corrected chi connectivity index (χ0v) is 17.4. The van der Waals surface area contributed by atoms with Gasteiger partial charge in [0.2, 0.25) is 5.91 Å². The van der Waals surface area contributed by atoms with Crippen LogP contribution in [0.3, 0.4) is 0 Å². The van der Waals surface area contributed by atoms with Crippen LogP contribution in [0.1, 0.15) is 6.92 Å². The summed E-state index contributed by atoms with van der Waals surface area (Å²) in [5, 5.41) is 3.84. The summed E-state index contributed by atoms with van der Waals surface area (Å²) in [5.74, 6) is 1.02. The lowest BCUT2D eigenvalue weighted by atomic mass is 10.2. The average Bonchev–Trinajstić information content (AvgIpc) is 3.41. The van der Waals surface area contributed by atoms with Crippen LogP contribution in [0.4, 0.5) is 5.69 Å². The number of nitrogens with zero attached hydrogens (tertiary/aromatic N) is 1. The molecule has 4 rings (SSSR count). The standard InChI is InChI=1S/C20H15Cl2N3O3S/c1-11(19(26)23-14-9-12(21)8-13(22)10-14)29-20-24-17(15-4-2-6-27-15)18(25-20)16-5-3-7-28-16/h2-11H,1H3,(H,23,26)(H,24,25). The smallest absolute Gasteiger partial charge is 0.237 e. The first-order chi connectivity index (χ1) is 14.0. The van der Waals surface area contributed by atoms with Gasteiger partial charge in [-0.25, -0.2) is 4.98 Å². The highest BCUT2D eigenvalue weighted by Gasteiger charge is 2.22. The predicted molar refractivity (Wildman–Crippen MR) is 114 cm³/mol. The summed E-state index contributed by atoms with van der Waals surface area (Å²) >= 11 is 13.3. The van der Waals surface area contributed by atoms with E-state index in [9.17, 15) is 4.79 Å². The number of aromatic nitrogens is 2. The van der Waals surface area contributed by atoms with Gasteiger partial charge in [-0.05, 0) is 49.4 Å². The highest BCUT2D eigenvalue weighted by atomic mass is 35.5. The molecule has 148 valence electrons. The molecule has 9 heteroatoms. The Balaban J connectivity index is 1.54. The molecule has 4 aromatic rings. The van der Waals surface area contributed by atoms with Gasteiger partial charge in [0, 0.05) is 15.7 Å². The summed E-state index contributed by atoms with van der Waals surface area (Å²) in [5.41, 5.74) is 1.83. The third-order valence-electron chi connectivity index (χ3n) is 3.99. The Morgan fingerprint density at radius 3 is 2.38 bits per heavy atom. The number of halogens is 2. The third kappa shape index (κ3) is 4.53. The number of anilines is 1. The van der Waals surface area contributed by atoms with E-state index in [1.54, 1.807) is 49.8 Å². The van der Waals surface area contributed by atoms with Crippen LogP contribution in [0.2, 0.25) is 10.0 Å². The topological polar surface area (TPSA) is 84.1 Å². The number of carbonyl (C=O) groups is 1. The molecule has 0 aliphatic rings. The summed E-state index contributed by atoms with van der Waals surface area (Å²) in [6.07, 6.45) is 3.16. The molecule has 3 heterocycles. The van der Waals surface area contributed by atoms with Crippen LogP contribution in [-0.4, -0.2) is 21.1 Å². The molecule has 0 spiro atoms. The van der Waals surface area contributed by atoms with Gasteiger partial charge in [0.1, 0.15) is 11.4 Å². The van der Waals surface area contributed by atoms with Gasteiger partial charge in [-0.3, -0.25) is 4.79 Å². The van der Waals surface area contributed by atoms with E-state index in [-0.39, 0.29) is 5.91 Å². The van der Waals surface area contributed by atoms with Crippen molar-refractivity contribution >= 4 is 46.6 Å². The fourth-order valence-corrected chi connectivity index (χ4v) is 4.02. The maximum Gasteiger partial charge on any atom is 0.237 e. The fourth-order valence-electron chi connectivity index (χ4n) is 2.69. The molecule has 29 heavy (non-hydrogen) atoms. The van der Waals surface area contributed by atoms with Gasteiger partial charge in [0.15, 0.2) is 16.7 Å². The van der Waals surface area contributed by atoms with Gasteiger partial charge < -0.3 is 19.1 Å². The first-order valence-electron chi connectivity index (χ1n) is 8.61. The first kappa shape index (κ1) is 19.7. The zero-order valence-electron chi connectivity index (χ0n) is 15.1. The quantitative estimate of drug-likeness (QED) is 0.336. The van der Waals surface area contributed by atoms with E-state index >= 15 is 0 Å². The maximum absolute atomic E-state index is 12.6. The van der Waals surface area contributed by atoms with Gasteiger partial charge in [0.25, 0.3) is 0 Å². The van der Waals surface area contributed by atoms with Crippen LogP contribution in [0.5, 0.6) is 0 Å². The lowest BCUT2D eigenvalue weighted by molar-refractivity contribution is -0.115. The van der Waals surface area contributed by atoms with Crippen molar-refractivity contribution in [2.24, 2.45) is 0 Å². The number of furan rings is 2. The lowest BCUT2D eigenvalue weighted by Crippen LogP contribution is -2.22. The zero-order chi connectivity index (χ0) is 20.4. The Morgan fingerprint density at radius 2 is 1.76 bits per heavy atom. The number of hydrogen-bond acceptors (Lipinski definition) is 5. The summed E-state index contributed by atoms with van der Waals surface area (Å²) in [6, 6.07) is 12.1. The monoisotopic (exact) mass is 447 g/mol. The van der Waals surface area contributed by atoms with Crippen LogP contribution in [0.15, 0.2) is 69.0 Å². The van der Waals surface area contributed by atoms with E-state index in [0.717, 1.165) is 0 Å². The maximum atomic E-state index is 12.6. The number of amides is 1. The lowest BCUT2D eigenvalue weighted by Gasteiger charge is -2.11. The number of benzene rings is 1. The summed E-state index contributed by atoms with van der Waals surface area (Å²) in [4.78, 5) is 20.4. The van der Waals surface area contributed by atoms with Crippen LogP contribution in [-0.2, 0) is 4.79 Å². The molecule has 0 fully saturated rings. The molecule has 0 saturated carbocycles. The van der Waals surface area contributed by atoms with E-state index in [1.807, 2.05) is 12.1 Å². The number of thioether (sulfide) groups is 1. The Kier molecular flexibility index (Phi) is 5.71. The third-order valence-corrected chi connectivity index (χ3v) is 5.41. The van der Waals surface area contributed by atoms with Crippen molar-refractivity contribution < 1.29 is 13.6 Å². The molecular weight excluding hydrogens is 433 g/mol. The van der Waals surface area contributed by atoms with E-state index < -0.39 is 5.25 Å². The minimum absolute atomic E-state index is 0.205. The molecule has 2 N–H and O–H groups in total. The van der Waals surface area contributed by atoms with Crippen molar-refractivity contribution in [2.75, 3.05) is 5.32 Å². The van der Waals surface area contributed by atoms with E-state index in [4.69, 9.17) is 32.0 Å². The van der Waals surface area contributed by atoms with E-state index in [0.29, 0.717) is 43.8 Å². The Hall–Kier alpha value is -2.61. The molecule has 0 aliphatic carbocycles. The number of carbonyl (C=O) groups excluding carboxylic acids is 1. The minimum atomic E-state index is -0.437. The van der Waals surface area contributed by atoms with Gasteiger partial charge in [0.05, 0.1) is 17.8 Å². The van der Waals surface area contributed by atoms with E-state index in [1.165, 1.54) is 11.8 Å². The molecule has 6 nitrogen and oxygen atoms in total. The molecule has 0 bridgehead atoms. The highest BCUT2D eigenvalue weighted by molar-refractivity contribution is 8.00. The minimum Gasteiger partial charge on any atom is -0.463 e. The van der Waals surface area contributed by atoms with Crippen molar-refractivity contribution in [3.8, 4) is 22.9 Å². The molecule has 0 saturated heterocycles. The second kappa shape index (κ2) is 8.41. The van der Waals surface area contributed by atoms with Gasteiger partial charge in [-0.15, -0.1) is 0 Å².